The summed E-state index contributed by atoms with van der Waals surface area (Å²) in [7, 11) is 0. The third kappa shape index (κ3) is 4.88. The first-order valence-corrected chi connectivity index (χ1v) is 9.10. The second kappa shape index (κ2) is 7.53. The predicted molar refractivity (Wildman–Crippen MR) is 101 cm³/mol. The lowest BCUT2D eigenvalue weighted by molar-refractivity contribution is 0.0497. The Bertz CT molecular complexity index is 749. The first kappa shape index (κ1) is 18.5. The fraction of sp³-hybridized carbons (Fsp3) is 0.500. The predicted octanol–water partition coefficient (Wildman–Crippen LogP) is 3.62. The minimum Gasteiger partial charge on any atom is -0.444 e. The fourth-order valence-electron chi connectivity index (χ4n) is 2.94. The molecule has 1 saturated heterocycles. The minimum absolute atomic E-state index is 0.104. The second-order valence-electron chi connectivity index (χ2n) is 7.41. The molecule has 0 saturated carbocycles. The molecule has 2 aromatic heterocycles. The zero-order chi connectivity index (χ0) is 18.7. The van der Waals surface area contributed by atoms with E-state index in [2.05, 4.69) is 25.4 Å². The summed E-state index contributed by atoms with van der Waals surface area (Å²) < 4.78 is 5.32. The van der Waals surface area contributed by atoms with E-state index in [4.69, 9.17) is 16.3 Å². The second-order valence-corrected chi connectivity index (χ2v) is 7.80. The van der Waals surface area contributed by atoms with Crippen molar-refractivity contribution in [3.63, 3.8) is 0 Å². The van der Waals surface area contributed by atoms with Crippen molar-refractivity contribution in [3.05, 3.63) is 29.5 Å². The van der Waals surface area contributed by atoms with Crippen molar-refractivity contribution < 1.29 is 9.53 Å². The van der Waals surface area contributed by atoms with Crippen LogP contribution in [0.5, 0.6) is 0 Å². The first-order valence-electron chi connectivity index (χ1n) is 8.72. The number of hydrogen-bond acceptors (Lipinski definition) is 5. The van der Waals surface area contributed by atoms with Gasteiger partial charge in [-0.1, -0.05) is 11.6 Å². The van der Waals surface area contributed by atoms with E-state index in [0.29, 0.717) is 5.15 Å². The summed E-state index contributed by atoms with van der Waals surface area (Å²) in [6.07, 6.45) is 3.00. The van der Waals surface area contributed by atoms with Gasteiger partial charge < -0.3 is 15.0 Å². The summed E-state index contributed by atoms with van der Waals surface area (Å²) >= 11 is 6.20. The summed E-state index contributed by atoms with van der Waals surface area (Å²) in [6, 6.07) is 5.82. The molecular formula is C18H24ClN5O2. The highest BCUT2D eigenvalue weighted by Crippen LogP contribution is 2.27. The Labute approximate surface area is 158 Å². The molecule has 1 aliphatic heterocycles. The number of carbonyl (C=O) groups excluding carboxylic acids is 1. The number of rotatable bonds is 3. The monoisotopic (exact) mass is 377 g/mol. The standard InChI is InChI=1S/C18H24ClN5O2/c1-18(2,3)26-17(25)21-13-5-8-24(9-6-13)16-11-12(10-15(19)22-16)14-4-7-20-23-14/h4,7,10-11,13H,5-6,8-9H2,1-3H3,(H,20,23)(H,21,25). The van der Waals surface area contributed by atoms with E-state index in [-0.39, 0.29) is 12.1 Å². The molecule has 2 N–H and O–H groups in total. The molecular weight excluding hydrogens is 354 g/mol. The number of carbonyl (C=O) groups is 1. The molecule has 7 nitrogen and oxygen atoms in total. The van der Waals surface area contributed by atoms with Crippen LogP contribution >= 0.6 is 11.6 Å². The van der Waals surface area contributed by atoms with Crippen molar-refractivity contribution in [1.29, 1.82) is 0 Å². The Morgan fingerprint density at radius 3 is 2.69 bits per heavy atom. The third-order valence-corrected chi connectivity index (χ3v) is 4.33. The zero-order valence-electron chi connectivity index (χ0n) is 15.3. The lowest BCUT2D eigenvalue weighted by Crippen LogP contribution is -2.46. The number of aromatic nitrogens is 3. The van der Waals surface area contributed by atoms with Crippen LogP contribution in [-0.4, -0.2) is 46.0 Å². The summed E-state index contributed by atoms with van der Waals surface area (Å²) in [5.74, 6) is 0.831. The zero-order valence-corrected chi connectivity index (χ0v) is 16.0. The van der Waals surface area contributed by atoms with Gasteiger partial charge in [-0.25, -0.2) is 9.78 Å². The SMILES string of the molecule is CC(C)(C)OC(=O)NC1CCN(c2cc(-c3ccn[nH]3)cc(Cl)n2)CC1. The van der Waals surface area contributed by atoms with Gasteiger partial charge in [0.25, 0.3) is 0 Å². The van der Waals surface area contributed by atoms with Crippen molar-refractivity contribution in [1.82, 2.24) is 20.5 Å². The molecule has 0 aliphatic carbocycles. The van der Waals surface area contributed by atoms with Crippen LogP contribution in [0.1, 0.15) is 33.6 Å². The molecule has 0 bridgehead atoms. The number of hydrogen-bond donors (Lipinski definition) is 2. The Hall–Kier alpha value is -2.28. The quantitative estimate of drug-likeness (QED) is 0.798. The Balaban J connectivity index is 1.61. The van der Waals surface area contributed by atoms with Gasteiger partial charge in [0.1, 0.15) is 16.6 Å². The molecule has 0 spiro atoms. The normalized spacial score (nSPS) is 15.8. The van der Waals surface area contributed by atoms with E-state index in [1.54, 1.807) is 6.20 Å². The number of nitrogens with one attached hydrogen (secondary N) is 2. The average molecular weight is 378 g/mol. The maximum atomic E-state index is 11.9. The van der Waals surface area contributed by atoms with E-state index in [1.807, 2.05) is 39.0 Å². The maximum absolute atomic E-state index is 11.9. The molecule has 1 amide bonds. The van der Waals surface area contributed by atoms with Crippen molar-refractivity contribution in [3.8, 4) is 11.3 Å². The molecule has 0 radical (unpaired) electrons. The molecule has 26 heavy (non-hydrogen) atoms. The van der Waals surface area contributed by atoms with E-state index in [9.17, 15) is 4.79 Å². The first-order chi connectivity index (χ1) is 12.3. The highest BCUT2D eigenvalue weighted by atomic mass is 35.5. The van der Waals surface area contributed by atoms with Gasteiger partial charge in [0, 0.05) is 30.9 Å². The lowest BCUT2D eigenvalue weighted by atomic mass is 10.0. The van der Waals surface area contributed by atoms with Crippen LogP contribution in [0.3, 0.4) is 0 Å². The largest absolute Gasteiger partial charge is 0.444 e. The highest BCUT2D eigenvalue weighted by molar-refractivity contribution is 6.29. The molecule has 0 aromatic carbocycles. The van der Waals surface area contributed by atoms with Gasteiger partial charge in [0.2, 0.25) is 0 Å². The van der Waals surface area contributed by atoms with E-state index in [0.717, 1.165) is 43.0 Å². The van der Waals surface area contributed by atoms with Gasteiger partial charge in [0.15, 0.2) is 0 Å². The Kier molecular flexibility index (Phi) is 5.36. The molecule has 140 valence electrons. The molecule has 0 unspecified atom stereocenters. The molecule has 3 rings (SSSR count). The number of ether oxygens (including phenoxy) is 1. The number of alkyl carbamates (subject to hydrolysis) is 1. The van der Waals surface area contributed by atoms with Crippen LogP contribution in [0.25, 0.3) is 11.3 Å². The highest BCUT2D eigenvalue weighted by Gasteiger charge is 2.24. The van der Waals surface area contributed by atoms with Gasteiger partial charge in [-0.05, 0) is 51.8 Å². The van der Waals surface area contributed by atoms with E-state index >= 15 is 0 Å². The summed E-state index contributed by atoms with van der Waals surface area (Å²) in [5, 5.41) is 10.3. The number of aromatic amines is 1. The summed E-state index contributed by atoms with van der Waals surface area (Å²) in [4.78, 5) is 18.5. The van der Waals surface area contributed by atoms with Crippen molar-refractivity contribution in [2.45, 2.75) is 45.3 Å². The maximum Gasteiger partial charge on any atom is 0.407 e. The molecule has 1 fully saturated rings. The van der Waals surface area contributed by atoms with E-state index < -0.39 is 5.60 Å². The van der Waals surface area contributed by atoms with Gasteiger partial charge in [-0.15, -0.1) is 0 Å². The van der Waals surface area contributed by atoms with Crippen LogP contribution in [0, 0.1) is 0 Å². The van der Waals surface area contributed by atoms with E-state index in [1.165, 1.54) is 0 Å². The van der Waals surface area contributed by atoms with Crippen molar-refractivity contribution >= 4 is 23.5 Å². The number of halogens is 1. The minimum atomic E-state index is -0.488. The summed E-state index contributed by atoms with van der Waals surface area (Å²) in [5.41, 5.74) is 1.36. The van der Waals surface area contributed by atoms with Gasteiger partial charge >= 0.3 is 6.09 Å². The van der Waals surface area contributed by atoms with Gasteiger partial charge in [-0.2, -0.15) is 5.10 Å². The van der Waals surface area contributed by atoms with Gasteiger partial charge in [-0.3, -0.25) is 5.10 Å². The topological polar surface area (TPSA) is 83.1 Å². The number of pyridine rings is 1. The number of amides is 1. The Morgan fingerprint density at radius 2 is 2.08 bits per heavy atom. The molecule has 3 heterocycles. The van der Waals surface area contributed by atoms with Gasteiger partial charge in [0.05, 0.1) is 5.69 Å². The van der Waals surface area contributed by atoms with Crippen LogP contribution in [0.15, 0.2) is 24.4 Å². The molecule has 0 atom stereocenters. The number of H-pyrrole nitrogens is 1. The molecule has 1 aliphatic rings. The molecule has 2 aromatic rings. The smallest absolute Gasteiger partial charge is 0.407 e. The van der Waals surface area contributed by atoms with Crippen LogP contribution < -0.4 is 10.2 Å². The fourth-order valence-corrected chi connectivity index (χ4v) is 3.15. The van der Waals surface area contributed by atoms with Crippen LogP contribution in [-0.2, 0) is 4.74 Å². The van der Waals surface area contributed by atoms with Crippen LogP contribution in [0.2, 0.25) is 5.15 Å². The third-order valence-electron chi connectivity index (χ3n) is 4.13. The number of nitrogens with zero attached hydrogens (tertiary/aromatic N) is 3. The molecule has 8 heteroatoms. The lowest BCUT2D eigenvalue weighted by Gasteiger charge is -2.33. The number of anilines is 1. The average Bonchev–Trinajstić information content (AvgIpc) is 3.07. The number of piperidine rings is 1. The summed E-state index contributed by atoms with van der Waals surface area (Å²) in [6.45, 7) is 7.15. The Morgan fingerprint density at radius 1 is 1.35 bits per heavy atom. The van der Waals surface area contributed by atoms with Crippen molar-refractivity contribution in [2.24, 2.45) is 0 Å². The van der Waals surface area contributed by atoms with Crippen molar-refractivity contribution in [2.75, 3.05) is 18.0 Å². The van der Waals surface area contributed by atoms with Crippen LogP contribution in [0.4, 0.5) is 10.6 Å².